The Hall–Kier alpha value is -2.88. The van der Waals surface area contributed by atoms with Gasteiger partial charge in [-0.05, 0) is 31.5 Å². The van der Waals surface area contributed by atoms with Gasteiger partial charge in [-0.3, -0.25) is 14.5 Å². The van der Waals surface area contributed by atoms with Gasteiger partial charge in [0.2, 0.25) is 5.91 Å². The molecule has 1 aromatic carbocycles. The largest absolute Gasteiger partial charge is 0.325 e. The molecule has 0 radical (unpaired) electrons. The molecule has 2 N–H and O–H groups in total. The third kappa shape index (κ3) is 5.30. The van der Waals surface area contributed by atoms with Gasteiger partial charge in [0.15, 0.2) is 0 Å². The van der Waals surface area contributed by atoms with E-state index in [1.165, 1.54) is 6.07 Å². The van der Waals surface area contributed by atoms with Crippen molar-refractivity contribution in [2.24, 2.45) is 0 Å². The maximum Gasteiger partial charge on any atom is 0.325 e. The minimum absolute atomic E-state index is 0.354. The van der Waals surface area contributed by atoms with E-state index in [-0.39, 0.29) is 12.5 Å². The number of unbranched alkanes of at least 4 members (excludes halogenated alkanes) is 4. The van der Waals surface area contributed by atoms with Crippen LogP contribution in [0.25, 0.3) is 0 Å². The lowest BCUT2D eigenvalue weighted by atomic mass is 9.94. The van der Waals surface area contributed by atoms with E-state index in [4.69, 9.17) is 5.26 Å². The standard InChI is InChI=1S/C20H26N4O3/c1-3-4-5-6-7-11-20(2)18(26)24(19(27)23-20)14-17(25)22-16-10-8-9-15(12-16)13-21/h8-10,12H,3-7,11,14H2,1-2H3,(H,22,25)(H,23,27). The monoisotopic (exact) mass is 370 g/mol. The Kier molecular flexibility index (Phi) is 6.94. The molecule has 7 nitrogen and oxygen atoms in total. The quantitative estimate of drug-likeness (QED) is 0.515. The zero-order valence-electron chi connectivity index (χ0n) is 15.9. The van der Waals surface area contributed by atoms with Crippen molar-refractivity contribution in [1.82, 2.24) is 10.2 Å². The molecule has 27 heavy (non-hydrogen) atoms. The van der Waals surface area contributed by atoms with Gasteiger partial charge in [0.1, 0.15) is 12.1 Å². The molecule has 2 rings (SSSR count). The number of carbonyl (C=O) groups is 3. The van der Waals surface area contributed by atoms with Crippen LogP contribution in [0.3, 0.4) is 0 Å². The first-order chi connectivity index (χ1) is 12.9. The summed E-state index contributed by atoms with van der Waals surface area (Å²) in [5.41, 5.74) is -0.0900. The first-order valence-electron chi connectivity index (χ1n) is 9.34. The minimum Gasteiger partial charge on any atom is -0.324 e. The summed E-state index contributed by atoms with van der Waals surface area (Å²) in [4.78, 5) is 38.0. The highest BCUT2D eigenvalue weighted by Crippen LogP contribution is 2.24. The Labute approximate surface area is 159 Å². The van der Waals surface area contributed by atoms with Crippen molar-refractivity contribution in [3.63, 3.8) is 0 Å². The van der Waals surface area contributed by atoms with Crippen LogP contribution >= 0.6 is 0 Å². The van der Waals surface area contributed by atoms with Crippen LogP contribution in [0.1, 0.15) is 57.9 Å². The van der Waals surface area contributed by atoms with Crippen molar-refractivity contribution in [3.05, 3.63) is 29.8 Å². The molecule has 0 saturated carbocycles. The number of benzene rings is 1. The second-order valence-corrected chi connectivity index (χ2v) is 7.06. The molecule has 1 atom stereocenters. The molecule has 0 spiro atoms. The molecule has 4 amide bonds. The van der Waals surface area contributed by atoms with Crippen molar-refractivity contribution < 1.29 is 14.4 Å². The third-order valence-electron chi connectivity index (χ3n) is 4.70. The number of rotatable bonds is 9. The summed E-state index contributed by atoms with van der Waals surface area (Å²) in [5, 5.41) is 14.2. The summed E-state index contributed by atoms with van der Waals surface area (Å²) in [5.74, 6) is -0.857. The minimum atomic E-state index is -0.954. The van der Waals surface area contributed by atoms with Crippen LogP contribution in [0.4, 0.5) is 10.5 Å². The number of anilines is 1. The van der Waals surface area contributed by atoms with Crippen LogP contribution in [0, 0.1) is 11.3 Å². The fraction of sp³-hybridized carbons (Fsp3) is 0.500. The molecule has 1 fully saturated rings. The predicted octanol–water partition coefficient (Wildman–Crippen LogP) is 3.17. The summed E-state index contributed by atoms with van der Waals surface area (Å²) in [6.07, 6.45) is 5.85. The topological polar surface area (TPSA) is 102 Å². The number of nitrogens with one attached hydrogen (secondary N) is 2. The van der Waals surface area contributed by atoms with Gasteiger partial charge in [0.05, 0.1) is 11.6 Å². The number of imide groups is 1. The van der Waals surface area contributed by atoms with Gasteiger partial charge >= 0.3 is 6.03 Å². The highest BCUT2D eigenvalue weighted by Gasteiger charge is 2.47. The molecular formula is C20H26N4O3. The Morgan fingerprint density at radius 3 is 2.70 bits per heavy atom. The van der Waals surface area contributed by atoms with Crippen LogP contribution in [0.15, 0.2) is 24.3 Å². The smallest absolute Gasteiger partial charge is 0.324 e. The van der Waals surface area contributed by atoms with Crippen LogP contribution in [-0.2, 0) is 9.59 Å². The Morgan fingerprint density at radius 1 is 1.26 bits per heavy atom. The lowest BCUT2D eigenvalue weighted by molar-refractivity contribution is -0.133. The van der Waals surface area contributed by atoms with Crippen molar-refractivity contribution >= 4 is 23.5 Å². The molecule has 7 heteroatoms. The first-order valence-corrected chi connectivity index (χ1v) is 9.34. The molecule has 0 aliphatic carbocycles. The number of nitriles is 1. The van der Waals surface area contributed by atoms with E-state index in [1.54, 1.807) is 25.1 Å². The van der Waals surface area contributed by atoms with E-state index >= 15 is 0 Å². The number of urea groups is 1. The van der Waals surface area contributed by atoms with E-state index < -0.39 is 17.5 Å². The molecule has 0 bridgehead atoms. The maximum atomic E-state index is 12.7. The molecule has 1 aliphatic rings. The van der Waals surface area contributed by atoms with E-state index in [0.29, 0.717) is 17.7 Å². The van der Waals surface area contributed by atoms with Gasteiger partial charge in [0.25, 0.3) is 5.91 Å². The first kappa shape index (κ1) is 20.4. The van der Waals surface area contributed by atoms with E-state index in [2.05, 4.69) is 17.6 Å². The summed E-state index contributed by atoms with van der Waals surface area (Å²) in [6.45, 7) is 3.50. The normalized spacial score (nSPS) is 18.9. The molecular weight excluding hydrogens is 344 g/mol. The van der Waals surface area contributed by atoms with Crippen LogP contribution in [0.2, 0.25) is 0 Å². The molecule has 1 aromatic rings. The van der Waals surface area contributed by atoms with Gasteiger partial charge in [-0.25, -0.2) is 4.79 Å². The molecule has 144 valence electrons. The second kappa shape index (κ2) is 9.17. The molecule has 1 saturated heterocycles. The average molecular weight is 370 g/mol. The van der Waals surface area contributed by atoms with E-state index in [1.807, 2.05) is 6.07 Å². The number of hydrogen-bond donors (Lipinski definition) is 2. The Balaban J connectivity index is 1.92. The summed E-state index contributed by atoms with van der Waals surface area (Å²) < 4.78 is 0. The van der Waals surface area contributed by atoms with Gasteiger partial charge in [-0.15, -0.1) is 0 Å². The van der Waals surface area contributed by atoms with Crippen molar-refractivity contribution in [1.29, 1.82) is 5.26 Å². The molecule has 1 heterocycles. The number of hydrogen-bond acceptors (Lipinski definition) is 4. The van der Waals surface area contributed by atoms with Crippen LogP contribution in [0.5, 0.6) is 0 Å². The average Bonchev–Trinajstić information content (AvgIpc) is 2.85. The SMILES string of the molecule is CCCCCCCC1(C)NC(=O)N(CC(=O)Nc2cccc(C#N)c2)C1=O. The highest BCUT2D eigenvalue weighted by molar-refractivity contribution is 6.09. The predicted molar refractivity (Wildman–Crippen MR) is 102 cm³/mol. The maximum absolute atomic E-state index is 12.7. The molecule has 0 aromatic heterocycles. The zero-order chi connectivity index (χ0) is 19.9. The highest BCUT2D eigenvalue weighted by atomic mass is 16.2. The van der Waals surface area contributed by atoms with Crippen LogP contribution in [-0.4, -0.2) is 34.8 Å². The van der Waals surface area contributed by atoms with Gasteiger partial charge in [-0.2, -0.15) is 5.26 Å². The van der Waals surface area contributed by atoms with Crippen LogP contribution < -0.4 is 10.6 Å². The summed E-state index contributed by atoms with van der Waals surface area (Å²) in [7, 11) is 0. The van der Waals surface area contributed by atoms with E-state index in [0.717, 1.165) is 37.0 Å². The molecule has 1 unspecified atom stereocenters. The number of nitrogens with zero attached hydrogens (tertiary/aromatic N) is 2. The van der Waals surface area contributed by atoms with Crippen molar-refractivity contribution in [3.8, 4) is 6.07 Å². The van der Waals surface area contributed by atoms with Gasteiger partial charge < -0.3 is 10.6 Å². The van der Waals surface area contributed by atoms with Gasteiger partial charge in [0, 0.05) is 5.69 Å². The Bertz CT molecular complexity index is 756. The number of carbonyl (C=O) groups excluding carboxylic acids is 3. The van der Waals surface area contributed by atoms with Crippen molar-refractivity contribution in [2.45, 2.75) is 57.9 Å². The second-order valence-electron chi connectivity index (χ2n) is 7.06. The lowest BCUT2D eigenvalue weighted by Crippen LogP contribution is -2.44. The summed E-state index contributed by atoms with van der Waals surface area (Å²) in [6, 6.07) is 7.90. The molecule has 1 aliphatic heterocycles. The fourth-order valence-electron chi connectivity index (χ4n) is 3.15. The lowest BCUT2D eigenvalue weighted by Gasteiger charge is -2.21. The van der Waals surface area contributed by atoms with Gasteiger partial charge in [-0.1, -0.05) is 45.1 Å². The Morgan fingerprint density at radius 2 is 2.00 bits per heavy atom. The fourth-order valence-corrected chi connectivity index (χ4v) is 3.15. The summed E-state index contributed by atoms with van der Waals surface area (Å²) >= 11 is 0. The zero-order valence-corrected chi connectivity index (χ0v) is 15.9. The van der Waals surface area contributed by atoms with E-state index in [9.17, 15) is 14.4 Å². The number of amides is 4. The third-order valence-corrected chi connectivity index (χ3v) is 4.70. The van der Waals surface area contributed by atoms with Crippen molar-refractivity contribution in [2.75, 3.05) is 11.9 Å².